The lowest BCUT2D eigenvalue weighted by Crippen LogP contribution is -2.27. The molecule has 1 saturated carbocycles. The van der Waals surface area contributed by atoms with Crippen LogP contribution in [0.4, 0.5) is 11.4 Å². The third-order valence-electron chi connectivity index (χ3n) is 2.50. The van der Waals surface area contributed by atoms with Crippen LogP contribution in [0.1, 0.15) is 19.3 Å². The normalized spacial score (nSPS) is 16.6. The first-order valence-corrected chi connectivity index (χ1v) is 4.61. The molecule has 0 saturated heterocycles. The predicted molar refractivity (Wildman–Crippen MR) is 53.8 cm³/mol. The van der Waals surface area contributed by atoms with E-state index in [0.717, 1.165) is 5.69 Å². The standard InChI is InChI=1S/C10H14N2O/c11-9-5-4-8(13)6-10(9)12-7-2-1-3-7/h4-7,12-13H,1-3,11H2. The zero-order valence-electron chi connectivity index (χ0n) is 7.46. The summed E-state index contributed by atoms with van der Waals surface area (Å²) in [7, 11) is 0. The maximum absolute atomic E-state index is 9.25. The number of anilines is 2. The Morgan fingerprint density at radius 2 is 2.15 bits per heavy atom. The Labute approximate surface area is 77.6 Å². The number of benzene rings is 1. The van der Waals surface area contributed by atoms with E-state index in [0.29, 0.717) is 11.7 Å². The molecule has 0 atom stereocenters. The summed E-state index contributed by atoms with van der Waals surface area (Å²) in [4.78, 5) is 0. The van der Waals surface area contributed by atoms with Crippen molar-refractivity contribution in [1.82, 2.24) is 0 Å². The second kappa shape index (κ2) is 3.17. The topological polar surface area (TPSA) is 58.3 Å². The van der Waals surface area contributed by atoms with Crippen LogP contribution in [0.25, 0.3) is 0 Å². The number of hydrogen-bond acceptors (Lipinski definition) is 3. The third kappa shape index (κ3) is 1.69. The van der Waals surface area contributed by atoms with Gasteiger partial charge in [0.25, 0.3) is 0 Å². The van der Waals surface area contributed by atoms with E-state index in [4.69, 9.17) is 5.73 Å². The number of nitrogen functional groups attached to an aromatic ring is 1. The molecule has 0 unspecified atom stereocenters. The van der Waals surface area contributed by atoms with Crippen LogP contribution in [0.3, 0.4) is 0 Å². The molecule has 0 aliphatic heterocycles. The average Bonchev–Trinajstić information content (AvgIpc) is 2.03. The summed E-state index contributed by atoms with van der Waals surface area (Å²) in [5.41, 5.74) is 7.29. The average molecular weight is 178 g/mol. The van der Waals surface area contributed by atoms with Crippen molar-refractivity contribution in [1.29, 1.82) is 0 Å². The molecule has 70 valence electrons. The molecule has 0 radical (unpaired) electrons. The third-order valence-corrected chi connectivity index (χ3v) is 2.50. The fraction of sp³-hybridized carbons (Fsp3) is 0.400. The van der Waals surface area contributed by atoms with Crippen LogP contribution in [-0.4, -0.2) is 11.1 Å². The number of phenols is 1. The van der Waals surface area contributed by atoms with E-state index >= 15 is 0 Å². The van der Waals surface area contributed by atoms with E-state index in [9.17, 15) is 5.11 Å². The highest BCUT2D eigenvalue weighted by Gasteiger charge is 2.17. The molecule has 1 aromatic carbocycles. The van der Waals surface area contributed by atoms with Crippen LogP contribution < -0.4 is 11.1 Å². The van der Waals surface area contributed by atoms with Gasteiger partial charge in [0, 0.05) is 12.1 Å². The summed E-state index contributed by atoms with van der Waals surface area (Å²) < 4.78 is 0. The SMILES string of the molecule is Nc1ccc(O)cc1NC1CCC1. The quantitative estimate of drug-likeness (QED) is 0.479. The molecule has 0 aromatic heterocycles. The molecule has 1 fully saturated rings. The molecule has 4 N–H and O–H groups in total. The number of aromatic hydroxyl groups is 1. The largest absolute Gasteiger partial charge is 0.508 e. The lowest BCUT2D eigenvalue weighted by atomic mass is 9.93. The number of nitrogens with two attached hydrogens (primary N) is 1. The van der Waals surface area contributed by atoms with Crippen LogP contribution in [-0.2, 0) is 0 Å². The molecule has 0 amide bonds. The molecule has 13 heavy (non-hydrogen) atoms. The van der Waals surface area contributed by atoms with Gasteiger partial charge in [-0.05, 0) is 31.4 Å². The summed E-state index contributed by atoms with van der Waals surface area (Å²) in [6.07, 6.45) is 3.70. The monoisotopic (exact) mass is 178 g/mol. The number of hydrogen-bond donors (Lipinski definition) is 3. The smallest absolute Gasteiger partial charge is 0.117 e. The van der Waals surface area contributed by atoms with Gasteiger partial charge in [0.2, 0.25) is 0 Å². The fourth-order valence-corrected chi connectivity index (χ4v) is 1.44. The number of nitrogens with one attached hydrogen (secondary N) is 1. The summed E-state index contributed by atoms with van der Waals surface area (Å²) in [6, 6.07) is 5.54. The van der Waals surface area contributed by atoms with Gasteiger partial charge in [-0.15, -0.1) is 0 Å². The van der Waals surface area contributed by atoms with Crippen LogP contribution in [0.5, 0.6) is 5.75 Å². The van der Waals surface area contributed by atoms with Crippen molar-refractivity contribution in [3.8, 4) is 5.75 Å². The lowest BCUT2D eigenvalue weighted by molar-refractivity contribution is 0.445. The summed E-state index contributed by atoms with van der Waals surface area (Å²) in [6.45, 7) is 0. The van der Waals surface area contributed by atoms with Crippen LogP contribution in [0.2, 0.25) is 0 Å². The Kier molecular flexibility index (Phi) is 2.00. The van der Waals surface area contributed by atoms with Crippen molar-refractivity contribution in [2.75, 3.05) is 11.1 Å². The molecule has 2 rings (SSSR count). The van der Waals surface area contributed by atoms with Crippen molar-refractivity contribution < 1.29 is 5.11 Å². The second-order valence-electron chi connectivity index (χ2n) is 3.54. The Morgan fingerprint density at radius 1 is 1.38 bits per heavy atom. The van der Waals surface area contributed by atoms with E-state index < -0.39 is 0 Å². The second-order valence-corrected chi connectivity index (χ2v) is 3.54. The maximum atomic E-state index is 9.25. The van der Waals surface area contributed by atoms with Crippen LogP contribution in [0, 0.1) is 0 Å². The van der Waals surface area contributed by atoms with Gasteiger partial charge in [-0.25, -0.2) is 0 Å². The molecule has 0 bridgehead atoms. The van der Waals surface area contributed by atoms with Crippen LogP contribution in [0.15, 0.2) is 18.2 Å². The summed E-state index contributed by atoms with van der Waals surface area (Å²) in [5.74, 6) is 0.260. The van der Waals surface area contributed by atoms with Gasteiger partial charge in [0.15, 0.2) is 0 Å². The lowest BCUT2D eigenvalue weighted by Gasteiger charge is -2.28. The summed E-state index contributed by atoms with van der Waals surface area (Å²) in [5, 5.41) is 12.5. The van der Waals surface area contributed by atoms with Gasteiger partial charge < -0.3 is 16.2 Å². The van der Waals surface area contributed by atoms with Gasteiger partial charge in [-0.3, -0.25) is 0 Å². The van der Waals surface area contributed by atoms with Crippen molar-refractivity contribution in [3.05, 3.63) is 18.2 Å². The minimum atomic E-state index is 0.260. The van der Waals surface area contributed by atoms with E-state index in [1.807, 2.05) is 0 Å². The Morgan fingerprint density at radius 3 is 2.77 bits per heavy atom. The Bertz CT molecular complexity index is 308. The molecule has 1 aliphatic rings. The van der Waals surface area contributed by atoms with Crippen molar-refractivity contribution in [2.45, 2.75) is 25.3 Å². The highest BCUT2D eigenvalue weighted by Crippen LogP contribution is 2.28. The zero-order chi connectivity index (χ0) is 9.26. The highest BCUT2D eigenvalue weighted by molar-refractivity contribution is 5.68. The number of rotatable bonds is 2. The van der Waals surface area contributed by atoms with Gasteiger partial charge in [-0.1, -0.05) is 0 Å². The van der Waals surface area contributed by atoms with E-state index in [-0.39, 0.29) is 5.75 Å². The first-order valence-electron chi connectivity index (χ1n) is 4.61. The van der Waals surface area contributed by atoms with Crippen molar-refractivity contribution in [2.24, 2.45) is 0 Å². The molecular weight excluding hydrogens is 164 g/mol. The van der Waals surface area contributed by atoms with Crippen molar-refractivity contribution in [3.63, 3.8) is 0 Å². The first kappa shape index (κ1) is 8.23. The van der Waals surface area contributed by atoms with Crippen LogP contribution >= 0.6 is 0 Å². The zero-order valence-corrected chi connectivity index (χ0v) is 7.46. The minimum absolute atomic E-state index is 0.260. The highest BCUT2D eigenvalue weighted by atomic mass is 16.3. The fourth-order valence-electron chi connectivity index (χ4n) is 1.44. The van der Waals surface area contributed by atoms with E-state index in [2.05, 4.69) is 5.32 Å². The minimum Gasteiger partial charge on any atom is -0.508 e. The molecule has 0 spiro atoms. The van der Waals surface area contributed by atoms with Crippen molar-refractivity contribution >= 4 is 11.4 Å². The molecule has 1 aliphatic carbocycles. The number of phenolic OH excluding ortho intramolecular Hbond substituents is 1. The Hall–Kier alpha value is -1.38. The molecule has 3 heteroatoms. The first-order chi connectivity index (χ1) is 6.25. The van der Waals surface area contributed by atoms with E-state index in [1.165, 1.54) is 19.3 Å². The predicted octanol–water partition coefficient (Wildman–Crippen LogP) is 1.94. The molecular formula is C10H14N2O. The molecule has 0 heterocycles. The van der Waals surface area contributed by atoms with E-state index in [1.54, 1.807) is 18.2 Å². The van der Waals surface area contributed by atoms with Gasteiger partial charge >= 0.3 is 0 Å². The van der Waals surface area contributed by atoms with Gasteiger partial charge in [-0.2, -0.15) is 0 Å². The van der Waals surface area contributed by atoms with Gasteiger partial charge in [0.05, 0.1) is 11.4 Å². The Balaban J connectivity index is 2.13. The molecule has 1 aromatic rings. The molecule has 3 nitrogen and oxygen atoms in total. The maximum Gasteiger partial charge on any atom is 0.117 e. The summed E-state index contributed by atoms with van der Waals surface area (Å²) >= 11 is 0. The van der Waals surface area contributed by atoms with Gasteiger partial charge in [0.1, 0.15) is 5.75 Å².